The van der Waals surface area contributed by atoms with Crippen molar-refractivity contribution in [3.8, 4) is 11.5 Å². The van der Waals surface area contributed by atoms with Crippen LogP contribution in [-0.4, -0.2) is 32.2 Å². The number of methoxy groups -OCH3 is 1. The number of fused-ring (bicyclic) bond motifs is 1. The minimum Gasteiger partial charge on any atom is -0.486 e. The van der Waals surface area contributed by atoms with Crippen LogP contribution in [-0.2, 0) is 20.7 Å². The van der Waals surface area contributed by atoms with Crippen molar-refractivity contribution in [1.82, 2.24) is 5.32 Å². The first-order valence-corrected chi connectivity index (χ1v) is 9.35. The van der Waals surface area contributed by atoms with Crippen LogP contribution in [0.1, 0.15) is 17.2 Å². The maximum Gasteiger partial charge on any atom is 0.333 e. The molecular formula is C19H17BrClNO5. The van der Waals surface area contributed by atoms with E-state index in [-0.39, 0.29) is 12.3 Å². The fourth-order valence-electron chi connectivity index (χ4n) is 2.72. The van der Waals surface area contributed by atoms with Crippen LogP contribution in [0.3, 0.4) is 0 Å². The van der Waals surface area contributed by atoms with E-state index in [1.54, 1.807) is 36.4 Å². The second-order valence-corrected chi connectivity index (χ2v) is 7.18. The summed E-state index contributed by atoms with van der Waals surface area (Å²) < 4.78 is 16.7. The third-order valence-corrected chi connectivity index (χ3v) is 4.78. The van der Waals surface area contributed by atoms with Gasteiger partial charge in [-0.3, -0.25) is 4.79 Å². The van der Waals surface area contributed by atoms with E-state index in [0.717, 1.165) is 4.47 Å². The molecule has 1 amide bonds. The molecule has 1 N–H and O–H groups in total. The van der Waals surface area contributed by atoms with Crippen LogP contribution in [0.25, 0.3) is 0 Å². The molecule has 0 fully saturated rings. The first kappa shape index (κ1) is 19.5. The average Bonchev–Trinajstić information content (AvgIpc) is 2.66. The molecule has 0 radical (unpaired) electrons. The summed E-state index contributed by atoms with van der Waals surface area (Å²) in [5.74, 6) is 0.0929. The summed E-state index contributed by atoms with van der Waals surface area (Å²) in [4.78, 5) is 24.6. The fraction of sp³-hybridized carbons (Fsp3) is 0.263. The van der Waals surface area contributed by atoms with Gasteiger partial charge in [-0.2, -0.15) is 0 Å². The lowest BCUT2D eigenvalue weighted by Gasteiger charge is -2.21. The molecule has 1 unspecified atom stereocenters. The molecule has 0 saturated carbocycles. The molecule has 0 aliphatic carbocycles. The number of halogens is 2. The highest BCUT2D eigenvalue weighted by Crippen LogP contribution is 2.38. The lowest BCUT2D eigenvalue weighted by Crippen LogP contribution is -2.35. The van der Waals surface area contributed by atoms with E-state index in [2.05, 4.69) is 21.2 Å². The number of esters is 1. The van der Waals surface area contributed by atoms with Gasteiger partial charge in [0.1, 0.15) is 13.2 Å². The lowest BCUT2D eigenvalue weighted by atomic mass is 10.1. The maximum atomic E-state index is 12.5. The number of rotatable bonds is 5. The molecule has 2 aromatic carbocycles. The standard InChI is InChI=1S/C19H17BrClNO5/c1-25-19(24)17(12-2-4-13(20)5-3-12)22-16(23)10-11-8-14(21)18-15(9-11)26-6-7-27-18/h2-5,8-9,17H,6-7,10H2,1H3,(H,22,23). The molecule has 8 heteroatoms. The summed E-state index contributed by atoms with van der Waals surface area (Å²) in [6.45, 7) is 0.855. The molecular weight excluding hydrogens is 438 g/mol. The Labute approximate surface area is 169 Å². The highest BCUT2D eigenvalue weighted by Gasteiger charge is 2.24. The predicted molar refractivity (Wildman–Crippen MR) is 103 cm³/mol. The van der Waals surface area contributed by atoms with E-state index in [0.29, 0.717) is 40.9 Å². The van der Waals surface area contributed by atoms with E-state index in [4.69, 9.17) is 25.8 Å². The van der Waals surface area contributed by atoms with Gasteiger partial charge in [-0.1, -0.05) is 39.7 Å². The van der Waals surface area contributed by atoms with Gasteiger partial charge in [-0.15, -0.1) is 0 Å². The second kappa shape index (κ2) is 8.63. The topological polar surface area (TPSA) is 73.9 Å². The highest BCUT2D eigenvalue weighted by molar-refractivity contribution is 9.10. The zero-order chi connectivity index (χ0) is 19.4. The quantitative estimate of drug-likeness (QED) is 0.701. The number of benzene rings is 2. The molecule has 142 valence electrons. The van der Waals surface area contributed by atoms with Gasteiger partial charge in [0.05, 0.1) is 18.6 Å². The lowest BCUT2D eigenvalue weighted by molar-refractivity contribution is -0.145. The molecule has 2 aromatic rings. The Morgan fingerprint density at radius 1 is 1.22 bits per heavy atom. The van der Waals surface area contributed by atoms with Crippen LogP contribution in [0, 0.1) is 0 Å². The van der Waals surface area contributed by atoms with Gasteiger partial charge in [-0.05, 0) is 35.4 Å². The van der Waals surface area contributed by atoms with Gasteiger partial charge < -0.3 is 19.5 Å². The van der Waals surface area contributed by atoms with Crippen molar-refractivity contribution in [1.29, 1.82) is 0 Å². The van der Waals surface area contributed by atoms with Gasteiger partial charge >= 0.3 is 5.97 Å². The Morgan fingerprint density at radius 2 is 1.93 bits per heavy atom. The number of amides is 1. The van der Waals surface area contributed by atoms with Crippen LogP contribution in [0.4, 0.5) is 0 Å². The fourth-order valence-corrected chi connectivity index (χ4v) is 3.27. The molecule has 0 saturated heterocycles. The van der Waals surface area contributed by atoms with Crippen molar-refractivity contribution in [2.24, 2.45) is 0 Å². The van der Waals surface area contributed by atoms with Crippen molar-refractivity contribution in [3.05, 3.63) is 57.0 Å². The molecule has 1 aliphatic rings. The smallest absolute Gasteiger partial charge is 0.333 e. The Bertz CT molecular complexity index is 856. The minimum absolute atomic E-state index is 0.0282. The molecule has 0 bridgehead atoms. The highest BCUT2D eigenvalue weighted by atomic mass is 79.9. The van der Waals surface area contributed by atoms with E-state index in [1.165, 1.54) is 7.11 Å². The largest absolute Gasteiger partial charge is 0.486 e. The number of hydrogen-bond donors (Lipinski definition) is 1. The van der Waals surface area contributed by atoms with E-state index < -0.39 is 12.0 Å². The normalized spacial score (nSPS) is 13.6. The van der Waals surface area contributed by atoms with Crippen LogP contribution in [0.2, 0.25) is 5.02 Å². The Morgan fingerprint density at radius 3 is 2.63 bits per heavy atom. The van der Waals surface area contributed by atoms with E-state index in [1.807, 2.05) is 0 Å². The number of hydrogen-bond acceptors (Lipinski definition) is 5. The zero-order valence-corrected chi connectivity index (χ0v) is 16.8. The summed E-state index contributed by atoms with van der Waals surface area (Å²) in [5, 5.41) is 3.09. The van der Waals surface area contributed by atoms with Gasteiger partial charge in [0, 0.05) is 4.47 Å². The second-order valence-electron chi connectivity index (χ2n) is 5.85. The third-order valence-electron chi connectivity index (χ3n) is 3.97. The van der Waals surface area contributed by atoms with E-state index >= 15 is 0 Å². The summed E-state index contributed by atoms with van der Waals surface area (Å²) in [7, 11) is 1.28. The number of ether oxygens (including phenoxy) is 3. The molecule has 1 atom stereocenters. The van der Waals surface area contributed by atoms with Crippen molar-refractivity contribution < 1.29 is 23.8 Å². The first-order valence-electron chi connectivity index (χ1n) is 8.18. The van der Waals surface area contributed by atoms with Crippen LogP contribution < -0.4 is 14.8 Å². The number of carbonyl (C=O) groups is 2. The van der Waals surface area contributed by atoms with Crippen LogP contribution in [0.15, 0.2) is 40.9 Å². The van der Waals surface area contributed by atoms with Crippen molar-refractivity contribution in [2.75, 3.05) is 20.3 Å². The molecule has 27 heavy (non-hydrogen) atoms. The molecule has 1 aliphatic heterocycles. The monoisotopic (exact) mass is 453 g/mol. The molecule has 6 nitrogen and oxygen atoms in total. The Kier molecular flexibility index (Phi) is 6.23. The summed E-state index contributed by atoms with van der Waals surface area (Å²) in [6.07, 6.45) is 0.0282. The van der Waals surface area contributed by atoms with Crippen molar-refractivity contribution in [2.45, 2.75) is 12.5 Å². The summed E-state index contributed by atoms with van der Waals surface area (Å²) in [5.41, 5.74) is 1.28. The maximum absolute atomic E-state index is 12.5. The van der Waals surface area contributed by atoms with Crippen LogP contribution in [0.5, 0.6) is 11.5 Å². The van der Waals surface area contributed by atoms with Crippen molar-refractivity contribution in [3.63, 3.8) is 0 Å². The third kappa shape index (κ3) is 4.73. The molecule has 3 rings (SSSR count). The molecule has 1 heterocycles. The SMILES string of the molecule is COC(=O)C(NC(=O)Cc1cc(Cl)c2c(c1)OCCO2)c1ccc(Br)cc1. The number of carbonyl (C=O) groups excluding carboxylic acids is 2. The van der Waals surface area contributed by atoms with Crippen molar-refractivity contribution >= 4 is 39.4 Å². The average molecular weight is 455 g/mol. The Balaban J connectivity index is 1.75. The van der Waals surface area contributed by atoms with Gasteiger partial charge in [0.2, 0.25) is 5.91 Å². The molecule has 0 aromatic heterocycles. The number of nitrogens with one attached hydrogen (secondary N) is 1. The zero-order valence-electron chi connectivity index (χ0n) is 14.5. The van der Waals surface area contributed by atoms with Gasteiger partial charge in [-0.25, -0.2) is 4.79 Å². The molecule has 0 spiro atoms. The van der Waals surface area contributed by atoms with Gasteiger partial charge in [0.25, 0.3) is 0 Å². The predicted octanol–water partition coefficient (Wildman–Crippen LogP) is 3.45. The summed E-state index contributed by atoms with van der Waals surface area (Å²) in [6, 6.07) is 9.53. The van der Waals surface area contributed by atoms with E-state index in [9.17, 15) is 9.59 Å². The van der Waals surface area contributed by atoms with Crippen LogP contribution >= 0.6 is 27.5 Å². The first-order chi connectivity index (χ1) is 13.0. The minimum atomic E-state index is -0.900. The summed E-state index contributed by atoms with van der Waals surface area (Å²) >= 11 is 9.55. The Hall–Kier alpha value is -2.25. The van der Waals surface area contributed by atoms with Gasteiger partial charge in [0.15, 0.2) is 17.5 Å².